The molecule has 8 nitrogen and oxygen atoms in total. The van der Waals surface area contributed by atoms with Crippen LogP contribution in [0.5, 0.6) is 0 Å². The van der Waals surface area contributed by atoms with Crippen LogP contribution in [0.2, 0.25) is 0 Å². The fraction of sp³-hybridized carbons (Fsp3) is 0.348. The van der Waals surface area contributed by atoms with Gasteiger partial charge in [-0.1, -0.05) is 37.2 Å². The second-order valence-electron chi connectivity index (χ2n) is 8.09. The van der Waals surface area contributed by atoms with Gasteiger partial charge in [-0.2, -0.15) is 0 Å². The average Bonchev–Trinajstić information content (AvgIpc) is 3.36. The summed E-state index contributed by atoms with van der Waals surface area (Å²) in [6.45, 7) is 6.77. The van der Waals surface area contributed by atoms with Crippen LogP contribution in [0.3, 0.4) is 0 Å². The van der Waals surface area contributed by atoms with E-state index in [-0.39, 0.29) is 11.1 Å². The highest BCUT2D eigenvalue weighted by Crippen LogP contribution is 2.29. The number of hydrogen-bond acceptors (Lipinski definition) is 7. The van der Waals surface area contributed by atoms with Crippen molar-refractivity contribution in [3.63, 3.8) is 0 Å². The van der Waals surface area contributed by atoms with E-state index in [2.05, 4.69) is 17.1 Å². The van der Waals surface area contributed by atoms with Crippen molar-refractivity contribution in [2.75, 3.05) is 0 Å². The number of thiophene rings is 1. The van der Waals surface area contributed by atoms with Crippen molar-refractivity contribution in [1.82, 2.24) is 28.7 Å². The van der Waals surface area contributed by atoms with Gasteiger partial charge in [0, 0.05) is 18.5 Å². The van der Waals surface area contributed by atoms with Crippen LogP contribution in [0, 0.1) is 13.8 Å². The van der Waals surface area contributed by atoms with Crippen molar-refractivity contribution in [3.8, 4) is 0 Å². The minimum Gasteiger partial charge on any atom is -0.287 e. The van der Waals surface area contributed by atoms with Crippen molar-refractivity contribution in [2.45, 2.75) is 51.1 Å². The summed E-state index contributed by atoms with van der Waals surface area (Å²) in [4.78, 5) is 32.8. The summed E-state index contributed by atoms with van der Waals surface area (Å²) in [6.07, 6.45) is 1.90. The van der Waals surface area contributed by atoms with Gasteiger partial charge < -0.3 is 0 Å². The number of hydrogen-bond donors (Lipinski definition) is 0. The lowest BCUT2D eigenvalue weighted by atomic mass is 10.2. The van der Waals surface area contributed by atoms with E-state index in [4.69, 9.17) is 4.98 Å². The Bertz CT molecular complexity index is 1640. The van der Waals surface area contributed by atoms with Crippen molar-refractivity contribution in [3.05, 3.63) is 61.2 Å². The summed E-state index contributed by atoms with van der Waals surface area (Å²) < 4.78 is 5.23. The maximum absolute atomic E-state index is 13.4. The molecule has 4 heterocycles. The van der Waals surface area contributed by atoms with Crippen LogP contribution in [-0.4, -0.2) is 28.7 Å². The van der Waals surface area contributed by atoms with Crippen molar-refractivity contribution in [1.29, 1.82) is 0 Å². The van der Waals surface area contributed by atoms with E-state index in [0.717, 1.165) is 39.0 Å². The summed E-state index contributed by atoms with van der Waals surface area (Å²) in [5, 5.41) is 10.7. The molecule has 0 unspecified atom stereocenters. The van der Waals surface area contributed by atoms with E-state index in [1.807, 2.05) is 42.5 Å². The molecule has 0 aliphatic rings. The van der Waals surface area contributed by atoms with Gasteiger partial charge in [0.05, 0.1) is 22.0 Å². The Kier molecular flexibility index (Phi) is 5.57. The van der Waals surface area contributed by atoms with Gasteiger partial charge in [-0.15, -0.1) is 21.5 Å². The number of aryl methyl sites for hydroxylation is 3. The van der Waals surface area contributed by atoms with Crippen LogP contribution in [0.15, 0.2) is 39.0 Å². The van der Waals surface area contributed by atoms with Crippen LogP contribution in [0.1, 0.15) is 36.0 Å². The van der Waals surface area contributed by atoms with E-state index in [0.29, 0.717) is 34.4 Å². The molecule has 5 aromatic rings. The van der Waals surface area contributed by atoms with E-state index in [1.54, 1.807) is 23.0 Å². The second-order valence-corrected chi connectivity index (χ2v) is 10.2. The average molecular weight is 481 g/mol. The van der Waals surface area contributed by atoms with Crippen molar-refractivity contribution < 1.29 is 0 Å². The van der Waals surface area contributed by atoms with Gasteiger partial charge in [-0.25, -0.2) is 4.98 Å². The van der Waals surface area contributed by atoms with Crippen LogP contribution in [0.25, 0.3) is 26.9 Å². The normalized spacial score (nSPS) is 11.9. The molecule has 1 aromatic carbocycles. The van der Waals surface area contributed by atoms with E-state index >= 15 is 0 Å². The minimum absolute atomic E-state index is 0.0248. The lowest BCUT2D eigenvalue weighted by Crippen LogP contribution is -2.23. The first-order valence-electron chi connectivity index (χ1n) is 10.9. The molecule has 0 aliphatic heterocycles. The molecule has 5 rings (SSSR count). The van der Waals surface area contributed by atoms with E-state index < -0.39 is 0 Å². The van der Waals surface area contributed by atoms with Gasteiger partial charge >= 0.3 is 0 Å². The predicted molar refractivity (Wildman–Crippen MR) is 134 cm³/mol. The highest BCUT2D eigenvalue weighted by molar-refractivity contribution is 7.98. The van der Waals surface area contributed by atoms with E-state index in [9.17, 15) is 9.59 Å². The summed E-state index contributed by atoms with van der Waals surface area (Å²) in [6, 6.07) is 7.47. The largest absolute Gasteiger partial charge is 0.287 e. The Morgan fingerprint density at radius 3 is 2.67 bits per heavy atom. The lowest BCUT2D eigenvalue weighted by Gasteiger charge is -2.12. The molecular formula is C23H24N6O2S2. The number of fused-ring (bicyclic) bond motifs is 4. The van der Waals surface area contributed by atoms with Crippen LogP contribution < -0.4 is 11.1 Å². The highest BCUT2D eigenvalue weighted by atomic mass is 32.2. The first-order chi connectivity index (χ1) is 15.9. The van der Waals surface area contributed by atoms with Gasteiger partial charge in [0.2, 0.25) is 5.78 Å². The van der Waals surface area contributed by atoms with Gasteiger partial charge in [0.1, 0.15) is 10.7 Å². The maximum atomic E-state index is 13.4. The van der Waals surface area contributed by atoms with Crippen molar-refractivity contribution in [2.24, 2.45) is 7.05 Å². The zero-order chi connectivity index (χ0) is 23.3. The SMILES string of the molecule is CCCCn1c(SCc2nnc3n(C)c(=O)c4ccccc4n23)nc2sc(C)c(C)c2c1=O. The molecule has 0 fully saturated rings. The maximum Gasteiger partial charge on any atom is 0.263 e. The zero-order valence-electron chi connectivity index (χ0n) is 19.0. The number of rotatable bonds is 6. The Hall–Kier alpha value is -2.98. The minimum atomic E-state index is -0.103. The first-order valence-corrected chi connectivity index (χ1v) is 12.7. The second kappa shape index (κ2) is 8.42. The number of benzene rings is 1. The third-order valence-electron chi connectivity index (χ3n) is 6.01. The molecule has 0 amide bonds. The molecule has 0 aliphatic carbocycles. The molecule has 0 atom stereocenters. The van der Waals surface area contributed by atoms with Gasteiger partial charge in [0.25, 0.3) is 11.1 Å². The third kappa shape index (κ3) is 3.48. The number of thioether (sulfide) groups is 1. The standard InChI is InChI=1S/C23H24N6O2S2/c1-5-6-11-28-21(31)18-13(2)14(3)33-19(18)24-23(28)32-12-17-25-26-22-27(4)20(30)15-9-7-8-10-16(15)29(17)22/h7-10H,5-6,11-12H2,1-4H3. The zero-order valence-corrected chi connectivity index (χ0v) is 20.6. The molecule has 0 bridgehead atoms. The molecule has 0 saturated carbocycles. The molecule has 4 aromatic heterocycles. The van der Waals surface area contributed by atoms with Gasteiger partial charge in [-0.05, 0) is 38.0 Å². The third-order valence-corrected chi connectivity index (χ3v) is 8.09. The molecule has 170 valence electrons. The molecule has 10 heteroatoms. The van der Waals surface area contributed by atoms with Crippen molar-refractivity contribution >= 4 is 50.0 Å². The molecule has 0 spiro atoms. The molecule has 33 heavy (non-hydrogen) atoms. The van der Waals surface area contributed by atoms with Crippen LogP contribution in [-0.2, 0) is 19.3 Å². The smallest absolute Gasteiger partial charge is 0.263 e. The quantitative estimate of drug-likeness (QED) is 0.269. The summed E-state index contributed by atoms with van der Waals surface area (Å²) in [5.41, 5.74) is 1.71. The monoisotopic (exact) mass is 480 g/mol. The highest BCUT2D eigenvalue weighted by Gasteiger charge is 2.19. The molecule has 0 radical (unpaired) electrons. The Morgan fingerprint density at radius 2 is 1.88 bits per heavy atom. The number of para-hydroxylation sites is 1. The predicted octanol–water partition coefficient (Wildman–Crippen LogP) is 4.06. The molecule has 0 N–H and O–H groups in total. The summed E-state index contributed by atoms with van der Waals surface area (Å²) in [5.74, 6) is 1.67. The molecule has 0 saturated heterocycles. The van der Waals surface area contributed by atoms with Gasteiger partial charge in [-0.3, -0.25) is 23.1 Å². The fourth-order valence-corrected chi connectivity index (χ4v) is 6.06. The first kappa shape index (κ1) is 21.8. The lowest BCUT2D eigenvalue weighted by molar-refractivity contribution is 0.558. The summed E-state index contributed by atoms with van der Waals surface area (Å²) >= 11 is 3.04. The number of aromatic nitrogens is 6. The van der Waals surface area contributed by atoms with Gasteiger partial charge in [0.15, 0.2) is 5.16 Å². The van der Waals surface area contributed by atoms with E-state index in [1.165, 1.54) is 16.3 Å². The Morgan fingerprint density at radius 1 is 1.09 bits per heavy atom. The number of unbranched alkanes of at least 4 members (excludes halogenated alkanes) is 1. The molecular weight excluding hydrogens is 456 g/mol. The topological polar surface area (TPSA) is 87.1 Å². The number of nitrogens with zero attached hydrogens (tertiary/aromatic N) is 6. The van der Waals surface area contributed by atoms with Crippen LogP contribution in [0.4, 0.5) is 0 Å². The Balaban J connectivity index is 1.62. The fourth-order valence-electron chi connectivity index (χ4n) is 4.05. The van der Waals surface area contributed by atoms with Crippen LogP contribution >= 0.6 is 23.1 Å². The Labute approximate surface area is 197 Å². The summed E-state index contributed by atoms with van der Waals surface area (Å²) in [7, 11) is 1.70.